The number of ether oxygens (including phenoxy) is 1. The fraction of sp³-hybridized carbons (Fsp3) is 0.167. The van der Waals surface area contributed by atoms with E-state index in [4.69, 9.17) is 16.3 Å². The fourth-order valence-electron chi connectivity index (χ4n) is 1.32. The second kappa shape index (κ2) is 6.10. The van der Waals surface area contributed by atoms with Crippen LogP contribution in [0.5, 0.6) is 0 Å². The van der Waals surface area contributed by atoms with Crippen molar-refractivity contribution in [1.29, 1.82) is 0 Å². The molecule has 0 N–H and O–H groups in total. The Balaban J connectivity index is 2.11. The van der Waals surface area contributed by atoms with Gasteiger partial charge in [0.05, 0.1) is 12.8 Å². The van der Waals surface area contributed by atoms with E-state index in [0.29, 0.717) is 17.5 Å². The van der Waals surface area contributed by atoms with E-state index in [0.717, 1.165) is 5.56 Å². The summed E-state index contributed by atoms with van der Waals surface area (Å²) >= 11 is 5.79. The molecule has 0 atom stereocenters. The Morgan fingerprint density at radius 3 is 2.84 bits per heavy atom. The number of esters is 1. The van der Waals surface area contributed by atoms with Gasteiger partial charge in [-0.05, 0) is 36.4 Å². The summed E-state index contributed by atoms with van der Waals surface area (Å²) in [4.78, 5) is 12.3. The Labute approximate surface area is 114 Å². The van der Waals surface area contributed by atoms with Gasteiger partial charge in [-0.1, -0.05) is 11.6 Å². The molecule has 1 aromatic carbocycles. The number of halogens is 1. The minimum absolute atomic E-state index is 0.323. The summed E-state index contributed by atoms with van der Waals surface area (Å²) in [7, 11) is 0. The van der Waals surface area contributed by atoms with Crippen LogP contribution in [-0.2, 0) is 9.53 Å². The first-order chi connectivity index (χ1) is 9.19. The van der Waals surface area contributed by atoms with Gasteiger partial charge >= 0.3 is 5.97 Å². The Morgan fingerprint density at radius 1 is 1.42 bits per heavy atom. The standard InChI is InChI=1S/C12H11ClN4O2/c1-2-19-11(18)7-8-17-15-12(14-16-17)9-3-5-10(13)6-4-9/h3-8H,2H2,1H3/b8-7+. The lowest BCUT2D eigenvalue weighted by Gasteiger charge is -1.94. The third-order valence-electron chi connectivity index (χ3n) is 2.16. The summed E-state index contributed by atoms with van der Waals surface area (Å²) in [5, 5.41) is 12.4. The molecule has 0 aliphatic rings. The molecule has 0 bridgehead atoms. The fourth-order valence-corrected chi connectivity index (χ4v) is 1.45. The van der Waals surface area contributed by atoms with Crippen LogP contribution in [0.25, 0.3) is 17.6 Å². The SMILES string of the molecule is CCOC(=O)/C=C/n1nnc(-c2ccc(Cl)cc2)n1. The number of nitrogens with zero attached hydrogens (tertiary/aromatic N) is 4. The molecule has 0 aliphatic carbocycles. The van der Waals surface area contributed by atoms with E-state index in [-0.39, 0.29) is 0 Å². The molecular weight excluding hydrogens is 268 g/mol. The van der Waals surface area contributed by atoms with Crippen LogP contribution >= 0.6 is 11.6 Å². The zero-order valence-electron chi connectivity index (χ0n) is 10.2. The molecule has 19 heavy (non-hydrogen) atoms. The molecule has 1 heterocycles. The van der Waals surface area contributed by atoms with Crippen LogP contribution in [0.15, 0.2) is 30.3 Å². The predicted molar refractivity (Wildman–Crippen MR) is 70.2 cm³/mol. The molecule has 0 unspecified atom stereocenters. The van der Waals surface area contributed by atoms with Gasteiger partial charge in [0, 0.05) is 16.7 Å². The third kappa shape index (κ3) is 3.62. The first-order valence-corrected chi connectivity index (χ1v) is 5.97. The van der Waals surface area contributed by atoms with Gasteiger partial charge in [0.2, 0.25) is 5.82 Å². The summed E-state index contributed by atoms with van der Waals surface area (Å²) in [6.07, 6.45) is 2.61. The van der Waals surface area contributed by atoms with Crippen LogP contribution in [0.1, 0.15) is 6.92 Å². The molecule has 0 radical (unpaired) electrons. The van der Waals surface area contributed by atoms with Crippen LogP contribution in [0.2, 0.25) is 5.02 Å². The summed E-state index contributed by atoms with van der Waals surface area (Å²) in [6.45, 7) is 2.06. The monoisotopic (exact) mass is 278 g/mol. The largest absolute Gasteiger partial charge is 0.463 e. The van der Waals surface area contributed by atoms with E-state index in [1.807, 2.05) is 0 Å². The molecule has 6 nitrogen and oxygen atoms in total. The minimum atomic E-state index is -0.451. The molecule has 0 amide bonds. The molecule has 0 saturated carbocycles. The smallest absolute Gasteiger partial charge is 0.332 e. The van der Waals surface area contributed by atoms with Gasteiger partial charge in [-0.15, -0.1) is 15.0 Å². The van der Waals surface area contributed by atoms with Gasteiger partial charge in [0.15, 0.2) is 0 Å². The van der Waals surface area contributed by atoms with E-state index < -0.39 is 5.97 Å². The van der Waals surface area contributed by atoms with Gasteiger partial charge in [0.1, 0.15) is 0 Å². The number of hydrogen-bond donors (Lipinski definition) is 0. The number of carbonyl (C=O) groups excluding carboxylic acids is 1. The molecule has 7 heteroatoms. The number of rotatable bonds is 4. The summed E-state index contributed by atoms with van der Waals surface area (Å²) in [5.41, 5.74) is 0.792. The average Bonchev–Trinajstić information content (AvgIpc) is 2.86. The second-order valence-corrected chi connectivity index (χ2v) is 3.94. The average molecular weight is 279 g/mol. The minimum Gasteiger partial charge on any atom is -0.463 e. The summed E-state index contributed by atoms with van der Waals surface area (Å²) in [6, 6.07) is 7.07. The molecule has 0 saturated heterocycles. The molecule has 2 rings (SSSR count). The van der Waals surface area contributed by atoms with Crippen molar-refractivity contribution in [3.8, 4) is 11.4 Å². The maximum absolute atomic E-state index is 11.1. The van der Waals surface area contributed by atoms with Gasteiger partial charge in [-0.3, -0.25) is 0 Å². The topological polar surface area (TPSA) is 69.9 Å². The first kappa shape index (κ1) is 13.2. The molecule has 2 aromatic rings. The zero-order chi connectivity index (χ0) is 13.7. The number of benzene rings is 1. The normalized spacial score (nSPS) is 10.8. The van der Waals surface area contributed by atoms with Crippen LogP contribution in [-0.4, -0.2) is 32.8 Å². The van der Waals surface area contributed by atoms with E-state index in [9.17, 15) is 4.79 Å². The lowest BCUT2D eigenvalue weighted by molar-refractivity contribution is -0.137. The predicted octanol–water partition coefficient (Wildman–Crippen LogP) is 2.03. The van der Waals surface area contributed by atoms with E-state index in [1.165, 1.54) is 17.1 Å². The lowest BCUT2D eigenvalue weighted by atomic mass is 10.2. The number of aromatic nitrogens is 4. The van der Waals surface area contributed by atoms with Crippen molar-refractivity contribution in [3.63, 3.8) is 0 Å². The van der Waals surface area contributed by atoms with Crippen molar-refractivity contribution in [2.75, 3.05) is 6.61 Å². The van der Waals surface area contributed by atoms with Crippen LogP contribution < -0.4 is 0 Å². The van der Waals surface area contributed by atoms with Gasteiger partial charge < -0.3 is 4.74 Å². The second-order valence-electron chi connectivity index (χ2n) is 3.51. The summed E-state index contributed by atoms with van der Waals surface area (Å²) in [5.74, 6) is -0.00183. The molecule has 1 aromatic heterocycles. The van der Waals surface area contributed by atoms with Crippen molar-refractivity contribution >= 4 is 23.8 Å². The van der Waals surface area contributed by atoms with Crippen molar-refractivity contribution in [2.45, 2.75) is 6.92 Å². The Morgan fingerprint density at radius 2 is 2.16 bits per heavy atom. The molecule has 0 spiro atoms. The van der Waals surface area contributed by atoms with E-state index >= 15 is 0 Å². The van der Waals surface area contributed by atoms with Crippen LogP contribution in [0, 0.1) is 0 Å². The van der Waals surface area contributed by atoms with Gasteiger partial charge in [-0.2, -0.15) is 0 Å². The highest BCUT2D eigenvalue weighted by molar-refractivity contribution is 6.30. The maximum Gasteiger partial charge on any atom is 0.332 e. The molecule has 98 valence electrons. The summed E-state index contributed by atoms with van der Waals surface area (Å²) < 4.78 is 4.74. The first-order valence-electron chi connectivity index (χ1n) is 5.59. The van der Waals surface area contributed by atoms with Crippen molar-refractivity contribution in [3.05, 3.63) is 35.4 Å². The molecule has 0 aliphatic heterocycles. The highest BCUT2D eigenvalue weighted by Gasteiger charge is 2.04. The number of hydrogen-bond acceptors (Lipinski definition) is 5. The van der Waals surface area contributed by atoms with Crippen molar-refractivity contribution in [1.82, 2.24) is 20.2 Å². The van der Waals surface area contributed by atoms with Gasteiger partial charge in [-0.25, -0.2) is 4.79 Å². The zero-order valence-corrected chi connectivity index (χ0v) is 10.9. The van der Waals surface area contributed by atoms with Crippen LogP contribution in [0.3, 0.4) is 0 Å². The Kier molecular flexibility index (Phi) is 4.25. The highest BCUT2D eigenvalue weighted by atomic mass is 35.5. The number of carbonyl (C=O) groups is 1. The lowest BCUT2D eigenvalue weighted by Crippen LogP contribution is -2.01. The number of tetrazole rings is 1. The molecular formula is C12H11ClN4O2. The van der Waals surface area contributed by atoms with E-state index in [1.54, 1.807) is 31.2 Å². The Hall–Kier alpha value is -2.21. The van der Waals surface area contributed by atoms with E-state index in [2.05, 4.69) is 15.4 Å². The maximum atomic E-state index is 11.1. The Bertz CT molecular complexity index is 592. The van der Waals surface area contributed by atoms with Crippen molar-refractivity contribution < 1.29 is 9.53 Å². The third-order valence-corrected chi connectivity index (χ3v) is 2.41. The quantitative estimate of drug-likeness (QED) is 0.632. The van der Waals surface area contributed by atoms with Gasteiger partial charge in [0.25, 0.3) is 0 Å². The molecule has 0 fully saturated rings. The highest BCUT2D eigenvalue weighted by Crippen LogP contribution is 2.16. The van der Waals surface area contributed by atoms with Crippen molar-refractivity contribution in [2.24, 2.45) is 0 Å². The van der Waals surface area contributed by atoms with Crippen LogP contribution in [0.4, 0.5) is 0 Å².